The maximum Gasteiger partial charge on any atom is 0.196 e. The highest BCUT2D eigenvalue weighted by Gasteiger charge is 2.20. The van der Waals surface area contributed by atoms with Crippen LogP contribution >= 0.6 is 27.7 Å². The van der Waals surface area contributed by atoms with Crippen molar-refractivity contribution in [1.29, 1.82) is 0 Å². The summed E-state index contributed by atoms with van der Waals surface area (Å²) in [5.41, 5.74) is 2.17. The fourth-order valence-electron chi connectivity index (χ4n) is 3.54. The van der Waals surface area contributed by atoms with E-state index in [4.69, 9.17) is 0 Å². The van der Waals surface area contributed by atoms with Gasteiger partial charge >= 0.3 is 0 Å². The summed E-state index contributed by atoms with van der Waals surface area (Å²) in [5.74, 6) is 2.82. The molecule has 1 aliphatic rings. The Bertz CT molecular complexity index is 857. The third-order valence-electron chi connectivity index (χ3n) is 4.94. The molecule has 1 aromatic heterocycles. The predicted molar refractivity (Wildman–Crippen MR) is 112 cm³/mol. The molecule has 1 saturated carbocycles. The summed E-state index contributed by atoms with van der Waals surface area (Å²) >= 11 is 5.51. The molecular weight excluding hydrogens is 406 g/mol. The van der Waals surface area contributed by atoms with Crippen LogP contribution in [0.4, 0.5) is 0 Å². The van der Waals surface area contributed by atoms with Crippen LogP contribution in [0.25, 0.3) is 17.1 Å². The van der Waals surface area contributed by atoms with Crippen LogP contribution in [0.5, 0.6) is 0 Å². The van der Waals surface area contributed by atoms with Gasteiger partial charge in [-0.2, -0.15) is 0 Å². The summed E-state index contributed by atoms with van der Waals surface area (Å²) in [5, 5.41) is 10.1. The van der Waals surface area contributed by atoms with E-state index in [0.717, 1.165) is 38.4 Å². The zero-order valence-corrected chi connectivity index (χ0v) is 17.0. The molecule has 0 N–H and O–H groups in total. The van der Waals surface area contributed by atoms with E-state index in [2.05, 4.69) is 61.0 Å². The van der Waals surface area contributed by atoms with E-state index < -0.39 is 0 Å². The van der Waals surface area contributed by atoms with Gasteiger partial charge in [0.1, 0.15) is 0 Å². The van der Waals surface area contributed by atoms with Crippen molar-refractivity contribution in [1.82, 2.24) is 14.8 Å². The Hall–Kier alpha value is -1.59. The Morgan fingerprint density at radius 1 is 0.923 bits per heavy atom. The molecule has 26 heavy (non-hydrogen) atoms. The number of benzene rings is 2. The van der Waals surface area contributed by atoms with Gasteiger partial charge in [-0.05, 0) is 37.0 Å². The van der Waals surface area contributed by atoms with E-state index in [1.54, 1.807) is 0 Å². The first-order chi connectivity index (χ1) is 12.8. The number of hydrogen-bond acceptors (Lipinski definition) is 3. The zero-order valence-electron chi connectivity index (χ0n) is 14.6. The molecule has 0 radical (unpaired) electrons. The van der Waals surface area contributed by atoms with Crippen molar-refractivity contribution >= 4 is 27.7 Å². The highest BCUT2D eigenvalue weighted by Crippen LogP contribution is 2.34. The van der Waals surface area contributed by atoms with Gasteiger partial charge in [0, 0.05) is 21.5 Å². The Morgan fingerprint density at radius 3 is 2.42 bits per heavy atom. The molecule has 1 aliphatic carbocycles. The van der Waals surface area contributed by atoms with Crippen molar-refractivity contribution in [2.24, 2.45) is 5.92 Å². The maximum atomic E-state index is 4.55. The van der Waals surface area contributed by atoms with Crippen LogP contribution in [0.3, 0.4) is 0 Å². The Kier molecular flexibility index (Phi) is 5.75. The summed E-state index contributed by atoms with van der Waals surface area (Å²) in [6.45, 7) is 0. The molecular formula is C21H22BrN3S. The van der Waals surface area contributed by atoms with Crippen LogP contribution in [-0.2, 0) is 0 Å². The first-order valence-corrected chi connectivity index (χ1v) is 11.0. The monoisotopic (exact) mass is 427 g/mol. The number of nitrogens with zero attached hydrogens (tertiary/aromatic N) is 3. The lowest BCUT2D eigenvalue weighted by atomic mass is 9.91. The number of para-hydroxylation sites is 1. The van der Waals surface area contributed by atoms with E-state index in [1.165, 1.54) is 32.1 Å². The molecule has 1 heterocycles. The van der Waals surface area contributed by atoms with E-state index in [0.29, 0.717) is 0 Å². The molecule has 0 amide bonds. The lowest BCUT2D eigenvalue weighted by molar-refractivity contribution is 0.390. The van der Waals surface area contributed by atoms with Crippen molar-refractivity contribution in [3.05, 3.63) is 59.1 Å². The quantitative estimate of drug-likeness (QED) is 0.443. The van der Waals surface area contributed by atoms with Gasteiger partial charge in [0.05, 0.1) is 0 Å². The SMILES string of the molecule is Brc1ccccc1-c1nnc(SCC2CCCCC2)n1-c1ccccc1. The first kappa shape index (κ1) is 17.8. The molecule has 0 atom stereocenters. The van der Waals surface area contributed by atoms with Crippen LogP contribution in [0.2, 0.25) is 0 Å². The largest absolute Gasteiger partial charge is 0.270 e. The second-order valence-electron chi connectivity index (χ2n) is 6.77. The summed E-state index contributed by atoms with van der Waals surface area (Å²) in [4.78, 5) is 0. The smallest absolute Gasteiger partial charge is 0.196 e. The number of aromatic nitrogens is 3. The summed E-state index contributed by atoms with van der Waals surface area (Å²) in [6.07, 6.45) is 6.85. The first-order valence-electron chi connectivity index (χ1n) is 9.21. The zero-order chi connectivity index (χ0) is 17.8. The van der Waals surface area contributed by atoms with E-state index in [-0.39, 0.29) is 0 Å². The fourth-order valence-corrected chi connectivity index (χ4v) is 5.14. The molecule has 1 fully saturated rings. The Balaban J connectivity index is 1.69. The van der Waals surface area contributed by atoms with Gasteiger partial charge in [-0.15, -0.1) is 10.2 Å². The number of halogens is 1. The average molecular weight is 428 g/mol. The standard InChI is InChI=1S/C21H22BrN3S/c22-19-14-8-7-13-18(19)20-23-24-21(25(20)17-11-5-2-6-12-17)26-15-16-9-3-1-4-10-16/h2,5-8,11-14,16H,1,3-4,9-10,15H2. The van der Waals surface area contributed by atoms with Crippen LogP contribution in [0, 0.1) is 5.92 Å². The van der Waals surface area contributed by atoms with E-state index >= 15 is 0 Å². The minimum absolute atomic E-state index is 0.807. The van der Waals surface area contributed by atoms with Gasteiger partial charge < -0.3 is 0 Å². The third-order valence-corrected chi connectivity index (χ3v) is 6.79. The topological polar surface area (TPSA) is 30.7 Å². The molecule has 0 saturated heterocycles. The van der Waals surface area contributed by atoms with Gasteiger partial charge in [0.2, 0.25) is 0 Å². The molecule has 4 rings (SSSR count). The second kappa shape index (κ2) is 8.40. The Labute approximate surface area is 167 Å². The number of rotatable bonds is 5. The lowest BCUT2D eigenvalue weighted by Crippen LogP contribution is -2.09. The minimum Gasteiger partial charge on any atom is -0.270 e. The molecule has 2 aromatic carbocycles. The van der Waals surface area contributed by atoms with Gasteiger partial charge in [-0.3, -0.25) is 4.57 Å². The normalized spacial score (nSPS) is 15.3. The fraction of sp³-hybridized carbons (Fsp3) is 0.333. The molecule has 0 aliphatic heterocycles. The molecule has 3 nitrogen and oxygen atoms in total. The lowest BCUT2D eigenvalue weighted by Gasteiger charge is -2.20. The van der Waals surface area contributed by atoms with Crippen LogP contribution in [0.15, 0.2) is 64.2 Å². The maximum absolute atomic E-state index is 4.55. The molecule has 0 bridgehead atoms. The molecule has 0 unspecified atom stereocenters. The van der Waals surface area contributed by atoms with E-state index in [1.807, 2.05) is 36.0 Å². The summed E-state index contributed by atoms with van der Waals surface area (Å²) in [7, 11) is 0. The number of thioether (sulfide) groups is 1. The highest BCUT2D eigenvalue weighted by molar-refractivity contribution is 9.10. The van der Waals surface area contributed by atoms with Crippen molar-refractivity contribution in [2.75, 3.05) is 5.75 Å². The van der Waals surface area contributed by atoms with Crippen LogP contribution < -0.4 is 0 Å². The van der Waals surface area contributed by atoms with Gasteiger partial charge in [0.25, 0.3) is 0 Å². The third kappa shape index (κ3) is 3.89. The van der Waals surface area contributed by atoms with Gasteiger partial charge in [0.15, 0.2) is 11.0 Å². The van der Waals surface area contributed by atoms with E-state index in [9.17, 15) is 0 Å². The minimum atomic E-state index is 0.807. The molecule has 134 valence electrons. The molecule has 5 heteroatoms. The summed E-state index contributed by atoms with van der Waals surface area (Å²) < 4.78 is 3.22. The molecule has 0 spiro atoms. The highest BCUT2D eigenvalue weighted by atomic mass is 79.9. The van der Waals surface area contributed by atoms with Gasteiger partial charge in [-0.1, -0.05) is 83.4 Å². The average Bonchev–Trinajstić information content (AvgIpc) is 3.12. The molecule has 3 aromatic rings. The van der Waals surface area contributed by atoms with Crippen LogP contribution in [0.1, 0.15) is 32.1 Å². The summed E-state index contributed by atoms with van der Waals surface area (Å²) in [6, 6.07) is 18.6. The Morgan fingerprint density at radius 2 is 1.65 bits per heavy atom. The second-order valence-corrected chi connectivity index (χ2v) is 8.61. The van der Waals surface area contributed by atoms with Crippen molar-refractivity contribution < 1.29 is 0 Å². The number of hydrogen-bond donors (Lipinski definition) is 0. The van der Waals surface area contributed by atoms with Crippen molar-refractivity contribution in [3.63, 3.8) is 0 Å². The predicted octanol–water partition coefficient (Wildman–Crippen LogP) is 6.37. The van der Waals surface area contributed by atoms with Crippen LogP contribution in [-0.4, -0.2) is 20.5 Å². The van der Waals surface area contributed by atoms with Crippen molar-refractivity contribution in [3.8, 4) is 17.1 Å². The van der Waals surface area contributed by atoms with Crippen molar-refractivity contribution in [2.45, 2.75) is 37.3 Å². The van der Waals surface area contributed by atoms with Gasteiger partial charge in [-0.25, -0.2) is 0 Å².